The number of halogens is 1. The highest BCUT2D eigenvalue weighted by Crippen LogP contribution is 2.13. The van der Waals surface area contributed by atoms with Gasteiger partial charge in [0.05, 0.1) is 17.5 Å². The number of nitrogens with zero attached hydrogens (tertiary/aromatic N) is 3. The summed E-state index contributed by atoms with van der Waals surface area (Å²) in [6.45, 7) is 1.95. The van der Waals surface area contributed by atoms with Crippen LogP contribution in [0, 0.1) is 5.82 Å². The van der Waals surface area contributed by atoms with E-state index in [2.05, 4.69) is 10.1 Å². The Balaban J connectivity index is 2.44. The van der Waals surface area contributed by atoms with E-state index in [4.69, 9.17) is 0 Å². The maximum Gasteiger partial charge on any atom is 0.214 e. The molecule has 2 rings (SSSR count). The summed E-state index contributed by atoms with van der Waals surface area (Å²) >= 11 is 0. The van der Waals surface area contributed by atoms with Gasteiger partial charge in [0.15, 0.2) is 5.82 Å². The highest BCUT2D eigenvalue weighted by atomic mass is 19.1. The predicted molar refractivity (Wildman–Crippen MR) is 60.2 cm³/mol. The molecular formula is C12H12FN3O. The molecule has 0 saturated carbocycles. The number of ketones is 1. The van der Waals surface area contributed by atoms with E-state index < -0.39 is 5.82 Å². The van der Waals surface area contributed by atoms with Crippen LogP contribution in [0.2, 0.25) is 0 Å². The zero-order valence-electron chi connectivity index (χ0n) is 9.64. The first kappa shape index (κ1) is 11.4. The fourth-order valence-corrected chi connectivity index (χ4v) is 1.61. The Morgan fingerprint density at radius 1 is 1.53 bits per heavy atom. The third-order valence-electron chi connectivity index (χ3n) is 2.54. The minimum atomic E-state index is -0.614. The van der Waals surface area contributed by atoms with Gasteiger partial charge in [-0.05, 0) is 18.6 Å². The number of carbonyl (C=O) groups is 1. The van der Waals surface area contributed by atoms with Gasteiger partial charge in [-0.1, -0.05) is 6.92 Å². The lowest BCUT2D eigenvalue weighted by Gasteiger charge is -2.01. The summed E-state index contributed by atoms with van der Waals surface area (Å²) in [4.78, 5) is 15.7. The molecule has 2 heterocycles. The molecule has 17 heavy (non-hydrogen) atoms. The van der Waals surface area contributed by atoms with E-state index in [1.807, 2.05) is 6.92 Å². The van der Waals surface area contributed by atoms with Crippen molar-refractivity contribution < 1.29 is 9.18 Å². The van der Waals surface area contributed by atoms with Gasteiger partial charge in [-0.15, -0.1) is 0 Å². The van der Waals surface area contributed by atoms with Gasteiger partial charge in [0, 0.05) is 13.2 Å². The Morgan fingerprint density at radius 3 is 2.88 bits per heavy atom. The fourth-order valence-electron chi connectivity index (χ4n) is 1.61. The van der Waals surface area contributed by atoms with Gasteiger partial charge in [0.25, 0.3) is 0 Å². The van der Waals surface area contributed by atoms with Crippen LogP contribution >= 0.6 is 0 Å². The first-order valence-corrected chi connectivity index (χ1v) is 5.30. The van der Waals surface area contributed by atoms with Crippen LogP contribution in [-0.4, -0.2) is 20.5 Å². The third kappa shape index (κ3) is 2.08. The summed E-state index contributed by atoms with van der Waals surface area (Å²) in [5, 5.41) is 4.16. The molecule has 0 aliphatic rings. The van der Waals surface area contributed by atoms with Crippen LogP contribution in [0.5, 0.6) is 0 Å². The molecule has 0 atom stereocenters. The van der Waals surface area contributed by atoms with Crippen LogP contribution in [0.4, 0.5) is 4.39 Å². The molecule has 2 aromatic heterocycles. The first-order valence-electron chi connectivity index (χ1n) is 5.30. The van der Waals surface area contributed by atoms with E-state index in [-0.39, 0.29) is 11.3 Å². The summed E-state index contributed by atoms with van der Waals surface area (Å²) in [6, 6.07) is 3.05. The molecule has 0 aliphatic heterocycles. The molecule has 2 aromatic rings. The maximum atomic E-state index is 13.4. The largest absolute Gasteiger partial charge is 0.287 e. The van der Waals surface area contributed by atoms with E-state index >= 15 is 0 Å². The van der Waals surface area contributed by atoms with Crippen LogP contribution in [0.3, 0.4) is 0 Å². The van der Waals surface area contributed by atoms with Crippen molar-refractivity contribution in [2.45, 2.75) is 13.3 Å². The lowest BCUT2D eigenvalue weighted by atomic mass is 10.1. The van der Waals surface area contributed by atoms with Crippen molar-refractivity contribution >= 4 is 5.78 Å². The second-order valence-electron chi connectivity index (χ2n) is 3.68. The van der Waals surface area contributed by atoms with Gasteiger partial charge in [-0.3, -0.25) is 14.5 Å². The molecule has 4 nitrogen and oxygen atoms in total. The predicted octanol–water partition coefficient (Wildman–Crippen LogP) is 1.75. The molecule has 0 saturated heterocycles. The minimum Gasteiger partial charge on any atom is -0.287 e. The van der Waals surface area contributed by atoms with Crippen molar-refractivity contribution in [1.82, 2.24) is 14.8 Å². The van der Waals surface area contributed by atoms with E-state index in [0.29, 0.717) is 5.69 Å². The van der Waals surface area contributed by atoms with Crippen LogP contribution in [0.1, 0.15) is 28.7 Å². The summed E-state index contributed by atoms with van der Waals surface area (Å²) in [6.07, 6.45) is 3.16. The van der Waals surface area contributed by atoms with Crippen LogP contribution in [0.15, 0.2) is 24.5 Å². The fraction of sp³-hybridized carbons (Fsp3) is 0.250. The Kier molecular flexibility index (Phi) is 2.99. The van der Waals surface area contributed by atoms with Gasteiger partial charge in [-0.2, -0.15) is 5.10 Å². The van der Waals surface area contributed by atoms with Crippen LogP contribution in [-0.2, 0) is 13.5 Å². The van der Waals surface area contributed by atoms with Crippen molar-refractivity contribution in [3.8, 4) is 0 Å². The van der Waals surface area contributed by atoms with Crippen molar-refractivity contribution in [1.29, 1.82) is 0 Å². The molecule has 0 fully saturated rings. The number of pyridine rings is 1. The van der Waals surface area contributed by atoms with Gasteiger partial charge >= 0.3 is 0 Å². The average Bonchev–Trinajstić information content (AvgIpc) is 2.70. The molecule has 0 bridgehead atoms. The lowest BCUT2D eigenvalue weighted by Crippen LogP contribution is -2.10. The third-order valence-corrected chi connectivity index (χ3v) is 2.54. The molecule has 0 radical (unpaired) electrons. The molecule has 0 aromatic carbocycles. The number of hydrogen-bond acceptors (Lipinski definition) is 3. The van der Waals surface area contributed by atoms with Gasteiger partial charge in [-0.25, -0.2) is 4.39 Å². The van der Waals surface area contributed by atoms with Gasteiger partial charge in [0.1, 0.15) is 5.69 Å². The number of hydrogen-bond donors (Lipinski definition) is 0. The Bertz CT molecular complexity index is 563. The van der Waals surface area contributed by atoms with Crippen LogP contribution in [0.25, 0.3) is 0 Å². The molecule has 0 aliphatic carbocycles. The summed E-state index contributed by atoms with van der Waals surface area (Å²) < 4.78 is 14.9. The first-order chi connectivity index (χ1) is 8.13. The average molecular weight is 233 g/mol. The SMILES string of the molecule is CCc1cc(C(=O)c2ccncc2F)n(C)n1. The Labute approximate surface area is 98.1 Å². The molecule has 0 unspecified atom stereocenters. The molecule has 0 spiro atoms. The molecular weight excluding hydrogens is 221 g/mol. The Hall–Kier alpha value is -2.04. The number of carbonyl (C=O) groups excluding carboxylic acids is 1. The van der Waals surface area contributed by atoms with E-state index in [1.165, 1.54) is 16.9 Å². The van der Waals surface area contributed by atoms with Gasteiger partial charge < -0.3 is 0 Å². The summed E-state index contributed by atoms with van der Waals surface area (Å²) in [7, 11) is 1.67. The molecule has 0 amide bonds. The monoisotopic (exact) mass is 233 g/mol. The standard InChI is InChI=1S/C12H12FN3O/c1-3-8-6-11(16(2)15-8)12(17)9-4-5-14-7-10(9)13/h4-7H,3H2,1-2H3. The number of aromatic nitrogens is 3. The smallest absolute Gasteiger partial charge is 0.214 e. The van der Waals surface area contributed by atoms with E-state index in [0.717, 1.165) is 18.3 Å². The molecule has 0 N–H and O–H groups in total. The number of rotatable bonds is 3. The van der Waals surface area contributed by atoms with Gasteiger partial charge in [0.2, 0.25) is 5.78 Å². The highest BCUT2D eigenvalue weighted by molar-refractivity contribution is 6.08. The quantitative estimate of drug-likeness (QED) is 0.759. The summed E-state index contributed by atoms with van der Waals surface area (Å²) in [5.74, 6) is -0.989. The van der Waals surface area contributed by atoms with Crippen molar-refractivity contribution in [3.05, 3.63) is 47.3 Å². The maximum absolute atomic E-state index is 13.4. The topological polar surface area (TPSA) is 47.8 Å². The summed E-state index contributed by atoms with van der Waals surface area (Å²) in [5.41, 5.74) is 1.21. The number of aryl methyl sites for hydroxylation is 2. The minimum absolute atomic E-state index is 0.0191. The zero-order chi connectivity index (χ0) is 12.4. The highest BCUT2D eigenvalue weighted by Gasteiger charge is 2.18. The second kappa shape index (κ2) is 4.45. The van der Waals surface area contributed by atoms with E-state index in [1.54, 1.807) is 13.1 Å². The van der Waals surface area contributed by atoms with E-state index in [9.17, 15) is 9.18 Å². The zero-order valence-corrected chi connectivity index (χ0v) is 9.64. The lowest BCUT2D eigenvalue weighted by molar-refractivity contribution is 0.102. The van der Waals surface area contributed by atoms with Crippen molar-refractivity contribution in [2.75, 3.05) is 0 Å². The second-order valence-corrected chi connectivity index (χ2v) is 3.68. The van der Waals surface area contributed by atoms with Crippen LogP contribution < -0.4 is 0 Å². The molecule has 5 heteroatoms. The Morgan fingerprint density at radius 2 is 2.29 bits per heavy atom. The molecule has 88 valence electrons. The van der Waals surface area contributed by atoms with Crippen molar-refractivity contribution in [3.63, 3.8) is 0 Å². The van der Waals surface area contributed by atoms with Crippen molar-refractivity contribution in [2.24, 2.45) is 7.05 Å². The normalized spacial score (nSPS) is 10.5.